The zero-order chi connectivity index (χ0) is 14.6. The number of hydrogen-bond acceptors (Lipinski definition) is 1. The van der Waals surface area contributed by atoms with Crippen molar-refractivity contribution in [3.05, 3.63) is 0 Å². The number of rotatable bonds is 14. The minimum absolute atomic E-state index is 0.624. The molecule has 0 aliphatic carbocycles. The molecule has 2 atom stereocenters. The SMILES string of the molecule is CCCCCCCCCC(CC(CC)CC)CC1CO1. The molecule has 1 heterocycles. The second-order valence-electron chi connectivity index (χ2n) is 6.89. The molecule has 2 unspecified atom stereocenters. The van der Waals surface area contributed by atoms with E-state index < -0.39 is 0 Å². The van der Waals surface area contributed by atoms with Crippen LogP contribution in [0, 0.1) is 11.8 Å². The molecule has 1 rings (SSSR count). The molecular formula is C19H38O. The fraction of sp³-hybridized carbons (Fsp3) is 1.00. The highest BCUT2D eigenvalue weighted by molar-refractivity contribution is 4.76. The summed E-state index contributed by atoms with van der Waals surface area (Å²) in [6, 6.07) is 0. The van der Waals surface area contributed by atoms with E-state index in [9.17, 15) is 0 Å². The van der Waals surface area contributed by atoms with E-state index in [4.69, 9.17) is 4.74 Å². The first kappa shape index (κ1) is 18.0. The lowest BCUT2D eigenvalue weighted by Crippen LogP contribution is -2.11. The smallest absolute Gasteiger partial charge is 0.0812 e. The Morgan fingerprint density at radius 3 is 2.00 bits per heavy atom. The maximum atomic E-state index is 5.46. The first-order chi connectivity index (χ1) is 9.80. The van der Waals surface area contributed by atoms with Crippen molar-refractivity contribution in [1.82, 2.24) is 0 Å². The lowest BCUT2D eigenvalue weighted by atomic mass is 9.85. The molecule has 0 N–H and O–H groups in total. The maximum Gasteiger partial charge on any atom is 0.0812 e. The normalized spacial score (nSPS) is 19.5. The number of ether oxygens (including phenoxy) is 1. The van der Waals surface area contributed by atoms with E-state index in [-0.39, 0.29) is 0 Å². The Labute approximate surface area is 127 Å². The van der Waals surface area contributed by atoms with E-state index in [1.807, 2.05) is 0 Å². The Bertz CT molecular complexity index is 206. The van der Waals surface area contributed by atoms with Crippen LogP contribution in [0.4, 0.5) is 0 Å². The maximum absolute atomic E-state index is 5.46. The van der Waals surface area contributed by atoms with E-state index in [1.54, 1.807) is 0 Å². The number of hydrogen-bond donors (Lipinski definition) is 0. The molecule has 0 saturated carbocycles. The summed E-state index contributed by atoms with van der Waals surface area (Å²) < 4.78 is 5.46. The van der Waals surface area contributed by atoms with Gasteiger partial charge in [0.05, 0.1) is 12.7 Å². The lowest BCUT2D eigenvalue weighted by Gasteiger charge is -2.21. The largest absolute Gasteiger partial charge is 0.373 e. The average molecular weight is 283 g/mol. The van der Waals surface area contributed by atoms with E-state index in [1.165, 1.54) is 77.0 Å². The van der Waals surface area contributed by atoms with Crippen molar-refractivity contribution in [2.75, 3.05) is 6.61 Å². The van der Waals surface area contributed by atoms with Crippen molar-refractivity contribution < 1.29 is 4.74 Å². The predicted molar refractivity (Wildman–Crippen MR) is 89.1 cm³/mol. The molecular weight excluding hydrogens is 244 g/mol. The zero-order valence-electron chi connectivity index (χ0n) is 14.3. The Morgan fingerprint density at radius 1 is 0.850 bits per heavy atom. The predicted octanol–water partition coefficient (Wildman–Crippen LogP) is 6.36. The summed E-state index contributed by atoms with van der Waals surface area (Å²) in [6.07, 6.45) is 17.6. The second-order valence-corrected chi connectivity index (χ2v) is 6.89. The van der Waals surface area contributed by atoms with Crippen molar-refractivity contribution in [2.24, 2.45) is 11.8 Å². The lowest BCUT2D eigenvalue weighted by molar-refractivity contribution is 0.279. The number of unbranched alkanes of at least 4 members (excludes halogenated alkanes) is 6. The fourth-order valence-electron chi connectivity index (χ4n) is 3.39. The minimum Gasteiger partial charge on any atom is -0.373 e. The molecule has 1 fully saturated rings. The average Bonchev–Trinajstić information content (AvgIpc) is 3.27. The molecule has 1 saturated heterocycles. The molecule has 0 aromatic carbocycles. The standard InChI is InChI=1S/C19H38O/c1-4-7-8-9-10-11-12-13-18(15-19-16-20-19)14-17(5-2)6-3/h17-19H,4-16H2,1-3H3. The Morgan fingerprint density at radius 2 is 1.45 bits per heavy atom. The molecule has 20 heavy (non-hydrogen) atoms. The third-order valence-electron chi connectivity index (χ3n) is 5.04. The van der Waals surface area contributed by atoms with Gasteiger partial charge in [0.1, 0.15) is 0 Å². The summed E-state index contributed by atoms with van der Waals surface area (Å²) >= 11 is 0. The van der Waals surface area contributed by atoms with Crippen LogP contribution in [0.3, 0.4) is 0 Å². The van der Waals surface area contributed by atoms with Gasteiger partial charge in [0.2, 0.25) is 0 Å². The van der Waals surface area contributed by atoms with Gasteiger partial charge in [-0.2, -0.15) is 0 Å². The van der Waals surface area contributed by atoms with Crippen LogP contribution in [-0.4, -0.2) is 12.7 Å². The van der Waals surface area contributed by atoms with Crippen LogP contribution in [0.25, 0.3) is 0 Å². The topological polar surface area (TPSA) is 12.5 Å². The van der Waals surface area contributed by atoms with Crippen LogP contribution in [0.15, 0.2) is 0 Å². The highest BCUT2D eigenvalue weighted by atomic mass is 16.6. The third kappa shape index (κ3) is 9.00. The van der Waals surface area contributed by atoms with Gasteiger partial charge in [0, 0.05) is 0 Å². The van der Waals surface area contributed by atoms with Gasteiger partial charge in [-0.05, 0) is 24.7 Å². The van der Waals surface area contributed by atoms with Crippen LogP contribution in [-0.2, 0) is 4.74 Å². The Balaban J connectivity index is 2.09. The van der Waals surface area contributed by atoms with Gasteiger partial charge in [-0.25, -0.2) is 0 Å². The van der Waals surface area contributed by atoms with Gasteiger partial charge in [-0.15, -0.1) is 0 Å². The minimum atomic E-state index is 0.624. The van der Waals surface area contributed by atoms with Crippen molar-refractivity contribution in [3.63, 3.8) is 0 Å². The van der Waals surface area contributed by atoms with Crippen molar-refractivity contribution in [2.45, 2.75) is 104 Å². The molecule has 0 radical (unpaired) electrons. The van der Waals surface area contributed by atoms with Crippen LogP contribution < -0.4 is 0 Å². The zero-order valence-corrected chi connectivity index (χ0v) is 14.3. The second kappa shape index (κ2) is 11.6. The molecule has 0 aromatic rings. The van der Waals surface area contributed by atoms with Gasteiger partial charge in [-0.3, -0.25) is 0 Å². The van der Waals surface area contributed by atoms with Gasteiger partial charge in [0.25, 0.3) is 0 Å². The van der Waals surface area contributed by atoms with Gasteiger partial charge in [-0.1, -0.05) is 85.0 Å². The molecule has 0 aromatic heterocycles. The Kier molecular flexibility index (Phi) is 10.4. The summed E-state index contributed by atoms with van der Waals surface area (Å²) in [5, 5.41) is 0. The van der Waals surface area contributed by atoms with Crippen LogP contribution >= 0.6 is 0 Å². The van der Waals surface area contributed by atoms with Crippen LogP contribution in [0.5, 0.6) is 0 Å². The first-order valence-corrected chi connectivity index (χ1v) is 9.41. The molecule has 1 aliphatic heterocycles. The van der Waals surface area contributed by atoms with Crippen LogP contribution in [0.2, 0.25) is 0 Å². The molecule has 1 heteroatoms. The highest BCUT2D eigenvalue weighted by Gasteiger charge is 2.27. The van der Waals surface area contributed by atoms with Gasteiger partial charge < -0.3 is 4.74 Å². The van der Waals surface area contributed by atoms with Crippen LogP contribution in [0.1, 0.15) is 97.8 Å². The van der Waals surface area contributed by atoms with Crippen molar-refractivity contribution in [1.29, 1.82) is 0 Å². The molecule has 1 nitrogen and oxygen atoms in total. The summed E-state index contributed by atoms with van der Waals surface area (Å²) in [5.41, 5.74) is 0. The van der Waals surface area contributed by atoms with E-state index in [0.717, 1.165) is 18.4 Å². The first-order valence-electron chi connectivity index (χ1n) is 9.41. The summed E-state index contributed by atoms with van der Waals surface area (Å²) in [6.45, 7) is 8.04. The molecule has 120 valence electrons. The molecule has 0 spiro atoms. The summed E-state index contributed by atoms with van der Waals surface area (Å²) in [5.74, 6) is 1.88. The van der Waals surface area contributed by atoms with Gasteiger partial charge >= 0.3 is 0 Å². The van der Waals surface area contributed by atoms with Gasteiger partial charge in [0.15, 0.2) is 0 Å². The monoisotopic (exact) mass is 282 g/mol. The van der Waals surface area contributed by atoms with Crippen molar-refractivity contribution in [3.8, 4) is 0 Å². The molecule has 1 aliphatic rings. The van der Waals surface area contributed by atoms with E-state index >= 15 is 0 Å². The van der Waals surface area contributed by atoms with E-state index in [2.05, 4.69) is 20.8 Å². The Hall–Kier alpha value is -0.0400. The highest BCUT2D eigenvalue weighted by Crippen LogP contribution is 2.30. The summed E-state index contributed by atoms with van der Waals surface area (Å²) in [7, 11) is 0. The van der Waals surface area contributed by atoms with E-state index in [0.29, 0.717) is 6.10 Å². The quantitative estimate of drug-likeness (QED) is 0.267. The molecule has 0 amide bonds. The fourth-order valence-corrected chi connectivity index (χ4v) is 3.39. The number of epoxide rings is 1. The molecule has 0 bridgehead atoms. The summed E-state index contributed by atoms with van der Waals surface area (Å²) in [4.78, 5) is 0. The third-order valence-corrected chi connectivity index (χ3v) is 5.04. The van der Waals surface area contributed by atoms with Crippen molar-refractivity contribution >= 4 is 0 Å².